The van der Waals surface area contributed by atoms with E-state index in [9.17, 15) is 18.0 Å². The molecule has 238 valence electrons. The molecule has 0 saturated heterocycles. The third kappa shape index (κ3) is 8.58. The number of benzene rings is 3. The minimum absolute atomic E-state index is 0.0226. The number of sulfonamides is 1. The van der Waals surface area contributed by atoms with E-state index in [1.54, 1.807) is 49.4 Å². The molecule has 0 bridgehead atoms. The Labute approximate surface area is 270 Å². The summed E-state index contributed by atoms with van der Waals surface area (Å²) in [6.45, 7) is 8.42. The van der Waals surface area contributed by atoms with Crippen LogP contribution < -0.4 is 19.1 Å². The zero-order valence-corrected chi connectivity index (χ0v) is 28.3. The van der Waals surface area contributed by atoms with Crippen LogP contribution in [0.2, 0.25) is 10.0 Å². The van der Waals surface area contributed by atoms with Crippen LogP contribution in [0.3, 0.4) is 0 Å². The van der Waals surface area contributed by atoms with Crippen molar-refractivity contribution in [1.29, 1.82) is 0 Å². The fourth-order valence-electron chi connectivity index (χ4n) is 4.55. The lowest BCUT2D eigenvalue weighted by Gasteiger charge is -2.35. The van der Waals surface area contributed by atoms with E-state index in [0.29, 0.717) is 21.4 Å². The summed E-state index contributed by atoms with van der Waals surface area (Å²) in [7, 11) is -1.46. The zero-order valence-electron chi connectivity index (χ0n) is 26.0. The molecule has 0 spiro atoms. The van der Waals surface area contributed by atoms with Crippen LogP contribution in [0.5, 0.6) is 11.5 Å². The highest BCUT2D eigenvalue weighted by Crippen LogP contribution is 2.36. The van der Waals surface area contributed by atoms with E-state index >= 15 is 0 Å². The molecule has 2 amide bonds. The number of anilines is 1. The molecule has 0 saturated carbocycles. The first-order valence-electron chi connectivity index (χ1n) is 14.0. The van der Waals surface area contributed by atoms with Crippen molar-refractivity contribution < 1.29 is 27.5 Å². The Morgan fingerprint density at radius 3 is 2.16 bits per heavy atom. The van der Waals surface area contributed by atoms with E-state index in [-0.39, 0.29) is 35.2 Å². The van der Waals surface area contributed by atoms with Crippen LogP contribution in [0.15, 0.2) is 65.6 Å². The van der Waals surface area contributed by atoms with Gasteiger partial charge in [-0.3, -0.25) is 13.9 Å². The Balaban J connectivity index is 2.18. The summed E-state index contributed by atoms with van der Waals surface area (Å²) in [6.07, 6.45) is 0.256. The highest BCUT2D eigenvalue weighted by molar-refractivity contribution is 7.92. The second kappa shape index (κ2) is 14.5. The van der Waals surface area contributed by atoms with Gasteiger partial charge in [0.1, 0.15) is 24.1 Å². The third-order valence-electron chi connectivity index (χ3n) is 6.78. The predicted octanol–water partition coefficient (Wildman–Crippen LogP) is 6.24. The second-order valence-electron chi connectivity index (χ2n) is 11.3. The molecule has 1 unspecified atom stereocenters. The van der Waals surface area contributed by atoms with Gasteiger partial charge < -0.3 is 19.7 Å². The number of hydrogen-bond acceptors (Lipinski definition) is 6. The highest BCUT2D eigenvalue weighted by Gasteiger charge is 2.36. The van der Waals surface area contributed by atoms with Crippen LogP contribution in [0.1, 0.15) is 45.2 Å². The van der Waals surface area contributed by atoms with Gasteiger partial charge in [-0.15, -0.1) is 0 Å². The Kier molecular flexibility index (Phi) is 11.6. The number of halogens is 2. The first kappa shape index (κ1) is 35.0. The van der Waals surface area contributed by atoms with Gasteiger partial charge in [0.15, 0.2) is 0 Å². The second-order valence-corrected chi connectivity index (χ2v) is 14.0. The maximum Gasteiger partial charge on any atom is 0.264 e. The van der Waals surface area contributed by atoms with E-state index in [0.717, 1.165) is 9.87 Å². The largest absolute Gasteiger partial charge is 0.497 e. The van der Waals surface area contributed by atoms with Gasteiger partial charge in [-0.2, -0.15) is 0 Å². The maximum absolute atomic E-state index is 14.4. The number of nitrogens with zero attached hydrogens (tertiary/aromatic N) is 2. The summed E-state index contributed by atoms with van der Waals surface area (Å²) in [5, 5.41) is 3.66. The summed E-state index contributed by atoms with van der Waals surface area (Å²) in [6, 6.07) is 14.9. The van der Waals surface area contributed by atoms with Crippen LogP contribution in [-0.4, -0.2) is 57.5 Å². The van der Waals surface area contributed by atoms with Crippen LogP contribution in [0.4, 0.5) is 5.69 Å². The summed E-state index contributed by atoms with van der Waals surface area (Å²) < 4.78 is 40.3. The molecule has 1 atom stereocenters. The van der Waals surface area contributed by atoms with Gasteiger partial charge in [0.05, 0.1) is 24.8 Å². The van der Waals surface area contributed by atoms with Crippen molar-refractivity contribution in [3.05, 3.63) is 81.8 Å². The summed E-state index contributed by atoms with van der Waals surface area (Å²) in [4.78, 5) is 29.2. The third-order valence-corrected chi connectivity index (χ3v) is 9.14. The number of carbonyl (C=O) groups excluding carboxylic acids is 2. The molecule has 0 aromatic heterocycles. The Hall–Kier alpha value is -3.47. The highest BCUT2D eigenvalue weighted by atomic mass is 35.5. The molecular weight excluding hydrogens is 625 g/mol. The molecule has 0 aliphatic heterocycles. The number of aryl methyl sites for hydroxylation is 1. The molecule has 12 heteroatoms. The molecule has 0 heterocycles. The Morgan fingerprint density at radius 1 is 0.955 bits per heavy atom. The molecule has 3 aromatic rings. The first-order valence-corrected chi connectivity index (χ1v) is 16.2. The smallest absolute Gasteiger partial charge is 0.264 e. The lowest BCUT2D eigenvalue weighted by molar-refractivity contribution is -0.141. The Bertz CT molecular complexity index is 1590. The normalized spacial score (nSPS) is 12.3. The van der Waals surface area contributed by atoms with Crippen molar-refractivity contribution in [2.45, 2.75) is 64.1 Å². The van der Waals surface area contributed by atoms with E-state index in [4.69, 9.17) is 32.7 Å². The molecule has 9 nitrogen and oxygen atoms in total. The standard InChI is InChI=1S/C32H39Cl2N3O6S/c1-8-27(31(39)35-32(3,4)5)36(19-22-11-12-23(33)17-26(22)34)30(38)20-37(28-18-24(42-6)13-16-29(28)43-7)44(40,41)25-14-9-21(2)10-15-25/h9-18,27H,8,19-20H2,1-7H3,(H,35,39). The monoisotopic (exact) mass is 663 g/mol. The average Bonchev–Trinajstić information content (AvgIpc) is 2.95. The van der Waals surface area contributed by atoms with E-state index in [1.807, 2.05) is 27.7 Å². The van der Waals surface area contributed by atoms with Crippen molar-refractivity contribution in [1.82, 2.24) is 10.2 Å². The number of methoxy groups -OCH3 is 2. The quantitative estimate of drug-likeness (QED) is 0.246. The molecule has 3 aromatic carbocycles. The molecular formula is C32H39Cl2N3O6S. The van der Waals surface area contributed by atoms with E-state index in [1.165, 1.54) is 37.3 Å². The minimum Gasteiger partial charge on any atom is -0.497 e. The van der Waals surface area contributed by atoms with Gasteiger partial charge in [0.2, 0.25) is 11.8 Å². The van der Waals surface area contributed by atoms with Crippen molar-refractivity contribution in [3.8, 4) is 11.5 Å². The number of amides is 2. The molecule has 0 fully saturated rings. The Morgan fingerprint density at radius 2 is 1.61 bits per heavy atom. The van der Waals surface area contributed by atoms with Gasteiger partial charge in [0, 0.05) is 28.2 Å². The lowest BCUT2D eigenvalue weighted by Crippen LogP contribution is -2.55. The van der Waals surface area contributed by atoms with Crippen molar-refractivity contribution in [3.63, 3.8) is 0 Å². The average molecular weight is 665 g/mol. The minimum atomic E-state index is -4.32. The van der Waals surface area contributed by atoms with E-state index in [2.05, 4.69) is 5.32 Å². The number of carbonyl (C=O) groups is 2. The summed E-state index contributed by atoms with van der Waals surface area (Å²) in [5.74, 6) is -0.449. The van der Waals surface area contributed by atoms with Gasteiger partial charge in [-0.25, -0.2) is 8.42 Å². The number of hydrogen-bond donors (Lipinski definition) is 1. The summed E-state index contributed by atoms with van der Waals surface area (Å²) >= 11 is 12.6. The van der Waals surface area contributed by atoms with Crippen molar-refractivity contribution in [2.75, 3.05) is 25.1 Å². The number of rotatable bonds is 12. The predicted molar refractivity (Wildman–Crippen MR) is 174 cm³/mol. The maximum atomic E-state index is 14.4. The summed E-state index contributed by atoms with van der Waals surface area (Å²) in [5.41, 5.74) is 0.925. The molecule has 0 radical (unpaired) electrons. The lowest BCUT2D eigenvalue weighted by atomic mass is 10.1. The van der Waals surface area contributed by atoms with Crippen LogP contribution in [0.25, 0.3) is 0 Å². The molecule has 44 heavy (non-hydrogen) atoms. The van der Waals surface area contributed by atoms with Gasteiger partial charge in [-0.05, 0) is 76.1 Å². The van der Waals surface area contributed by atoms with Gasteiger partial charge >= 0.3 is 0 Å². The number of nitrogens with one attached hydrogen (secondary N) is 1. The fraction of sp³-hybridized carbons (Fsp3) is 0.375. The zero-order chi connectivity index (χ0) is 32.8. The number of ether oxygens (including phenoxy) is 2. The van der Waals surface area contributed by atoms with Gasteiger partial charge in [-0.1, -0.05) is 53.9 Å². The SMILES string of the molecule is CCC(C(=O)NC(C)(C)C)N(Cc1ccc(Cl)cc1Cl)C(=O)CN(c1cc(OC)ccc1OC)S(=O)(=O)c1ccc(C)cc1. The van der Waals surface area contributed by atoms with Crippen LogP contribution in [0, 0.1) is 6.92 Å². The molecule has 1 N–H and O–H groups in total. The molecule has 0 aliphatic rings. The first-order chi connectivity index (χ1) is 20.6. The topological polar surface area (TPSA) is 105 Å². The fourth-order valence-corrected chi connectivity index (χ4v) is 6.43. The van der Waals surface area contributed by atoms with Crippen molar-refractivity contribution >= 4 is 50.7 Å². The van der Waals surface area contributed by atoms with Crippen LogP contribution >= 0.6 is 23.2 Å². The molecule has 0 aliphatic carbocycles. The van der Waals surface area contributed by atoms with Gasteiger partial charge in [0.25, 0.3) is 10.0 Å². The van der Waals surface area contributed by atoms with E-state index < -0.39 is 34.1 Å². The molecule has 3 rings (SSSR count). The van der Waals surface area contributed by atoms with Crippen LogP contribution in [-0.2, 0) is 26.2 Å². The van der Waals surface area contributed by atoms with Crippen molar-refractivity contribution in [2.24, 2.45) is 0 Å².